The third-order valence-corrected chi connectivity index (χ3v) is 9.36. The molecular weight excluding hydrogens is 529 g/mol. The molecule has 6 aromatic carbocycles. The maximum absolute atomic E-state index is 5.20. The molecular formula is C39H26N2S. The second-order valence-corrected chi connectivity index (χ2v) is 11.7. The molecule has 0 spiro atoms. The van der Waals surface area contributed by atoms with Gasteiger partial charge in [-0.05, 0) is 46.5 Å². The lowest BCUT2D eigenvalue weighted by Gasteiger charge is -2.42. The number of para-hydroxylation sites is 1. The molecule has 1 aromatic heterocycles. The van der Waals surface area contributed by atoms with E-state index in [4.69, 9.17) is 9.97 Å². The number of benzene rings is 6. The van der Waals surface area contributed by atoms with Crippen LogP contribution in [0.2, 0.25) is 0 Å². The molecule has 0 fully saturated rings. The summed E-state index contributed by atoms with van der Waals surface area (Å²) in [7, 11) is 0. The van der Waals surface area contributed by atoms with Crippen molar-refractivity contribution in [3.63, 3.8) is 0 Å². The first-order valence-electron chi connectivity index (χ1n) is 14.2. The van der Waals surface area contributed by atoms with E-state index in [1.165, 1.54) is 32.0 Å². The fourth-order valence-corrected chi connectivity index (χ4v) is 7.58. The fourth-order valence-electron chi connectivity index (χ4n) is 6.38. The van der Waals surface area contributed by atoms with Crippen molar-refractivity contribution in [1.82, 2.24) is 9.97 Å². The van der Waals surface area contributed by atoms with Gasteiger partial charge < -0.3 is 0 Å². The smallest absolute Gasteiger partial charge is 0.160 e. The van der Waals surface area contributed by atoms with E-state index >= 15 is 0 Å². The summed E-state index contributed by atoms with van der Waals surface area (Å²) in [4.78, 5) is 12.7. The average molecular weight is 555 g/mol. The Bertz CT molecular complexity index is 2020. The predicted molar refractivity (Wildman–Crippen MR) is 173 cm³/mol. The van der Waals surface area contributed by atoms with Gasteiger partial charge in [0.05, 0.1) is 16.6 Å². The first kappa shape index (κ1) is 24.8. The Balaban J connectivity index is 1.43. The lowest BCUT2D eigenvalue weighted by Crippen LogP contribution is -2.34. The van der Waals surface area contributed by atoms with E-state index in [9.17, 15) is 0 Å². The molecule has 0 saturated heterocycles. The van der Waals surface area contributed by atoms with Crippen LogP contribution in [0, 0.1) is 0 Å². The molecule has 8 rings (SSSR count). The number of rotatable bonds is 4. The van der Waals surface area contributed by atoms with Crippen molar-refractivity contribution >= 4 is 22.7 Å². The fraction of sp³-hybridized carbons (Fsp3) is 0.0256. The van der Waals surface area contributed by atoms with Gasteiger partial charge in [-0.3, -0.25) is 0 Å². The summed E-state index contributed by atoms with van der Waals surface area (Å²) in [5, 5.41) is 1.04. The van der Waals surface area contributed by atoms with Crippen molar-refractivity contribution in [3.05, 3.63) is 180 Å². The van der Waals surface area contributed by atoms with Gasteiger partial charge in [-0.25, -0.2) is 9.97 Å². The molecule has 0 saturated carbocycles. The SMILES string of the molecule is c1ccc(-c2nc(-c3cccc(C4(c5ccccc5)c5ccccc5Sc5ccccc54)c3)c3ccccc3n2)cc1. The highest BCUT2D eigenvalue weighted by Gasteiger charge is 2.44. The van der Waals surface area contributed by atoms with Crippen molar-refractivity contribution in [2.24, 2.45) is 0 Å². The molecule has 3 heteroatoms. The summed E-state index contributed by atoms with van der Waals surface area (Å²) < 4.78 is 0. The van der Waals surface area contributed by atoms with Gasteiger partial charge in [0, 0.05) is 26.3 Å². The van der Waals surface area contributed by atoms with Crippen LogP contribution in [0.15, 0.2) is 168 Å². The number of hydrogen-bond acceptors (Lipinski definition) is 3. The first-order valence-corrected chi connectivity index (χ1v) is 15.0. The lowest BCUT2D eigenvalue weighted by molar-refractivity contribution is 0.703. The van der Waals surface area contributed by atoms with E-state index in [1.807, 2.05) is 36.0 Å². The van der Waals surface area contributed by atoms with Crippen LogP contribution in [0.5, 0.6) is 0 Å². The van der Waals surface area contributed by atoms with Crippen molar-refractivity contribution < 1.29 is 0 Å². The van der Waals surface area contributed by atoms with Gasteiger partial charge >= 0.3 is 0 Å². The van der Waals surface area contributed by atoms with Gasteiger partial charge in [0.15, 0.2) is 5.82 Å². The average Bonchev–Trinajstić information content (AvgIpc) is 3.07. The zero-order valence-electron chi connectivity index (χ0n) is 22.8. The van der Waals surface area contributed by atoms with Gasteiger partial charge in [0.1, 0.15) is 0 Å². The zero-order chi connectivity index (χ0) is 27.9. The molecule has 2 nitrogen and oxygen atoms in total. The quantitative estimate of drug-likeness (QED) is 0.217. The van der Waals surface area contributed by atoms with Crippen LogP contribution in [0.25, 0.3) is 33.5 Å². The summed E-state index contributed by atoms with van der Waals surface area (Å²) in [6.45, 7) is 0. The molecule has 42 heavy (non-hydrogen) atoms. The maximum atomic E-state index is 5.20. The van der Waals surface area contributed by atoms with Gasteiger partial charge in [-0.15, -0.1) is 0 Å². The molecule has 0 aliphatic carbocycles. The molecule has 1 aliphatic heterocycles. The van der Waals surface area contributed by atoms with Crippen LogP contribution >= 0.6 is 11.8 Å². The highest BCUT2D eigenvalue weighted by Crippen LogP contribution is 2.55. The monoisotopic (exact) mass is 554 g/mol. The number of fused-ring (bicyclic) bond motifs is 3. The van der Waals surface area contributed by atoms with E-state index in [0.29, 0.717) is 0 Å². The summed E-state index contributed by atoms with van der Waals surface area (Å²) >= 11 is 1.86. The number of nitrogens with zero attached hydrogens (tertiary/aromatic N) is 2. The van der Waals surface area contributed by atoms with Crippen molar-refractivity contribution in [2.45, 2.75) is 15.2 Å². The molecule has 0 N–H and O–H groups in total. The standard InChI is InChI=1S/C39H26N2S/c1-3-14-27(15-4-1)38-40-34-23-10-7-20-31(34)37(41-38)28-16-13-19-30(26-28)39(29-17-5-2-6-18-29)32-21-8-11-24-35(32)42-36-25-12-9-22-33(36)39/h1-26H. The molecule has 0 bridgehead atoms. The first-order chi connectivity index (χ1) is 20.8. The Morgan fingerprint density at radius 1 is 0.452 bits per heavy atom. The minimum absolute atomic E-state index is 0.485. The Kier molecular flexibility index (Phi) is 5.98. The number of aromatic nitrogens is 2. The van der Waals surface area contributed by atoms with E-state index in [1.54, 1.807) is 0 Å². The highest BCUT2D eigenvalue weighted by molar-refractivity contribution is 7.99. The zero-order valence-corrected chi connectivity index (χ0v) is 23.6. The minimum Gasteiger partial charge on any atom is -0.228 e. The van der Waals surface area contributed by atoms with Crippen molar-refractivity contribution in [2.75, 3.05) is 0 Å². The van der Waals surface area contributed by atoms with Crippen LogP contribution in [0.4, 0.5) is 0 Å². The Hall–Kier alpha value is -4.99. The molecule has 7 aromatic rings. The van der Waals surface area contributed by atoms with E-state index in [0.717, 1.165) is 33.5 Å². The van der Waals surface area contributed by atoms with Crippen molar-refractivity contribution in [1.29, 1.82) is 0 Å². The normalized spacial score (nSPS) is 13.3. The summed E-state index contributed by atoms with van der Waals surface area (Å²) in [5.74, 6) is 0.734. The van der Waals surface area contributed by atoms with Gasteiger partial charge in [-0.1, -0.05) is 145 Å². The largest absolute Gasteiger partial charge is 0.228 e. The number of hydrogen-bond donors (Lipinski definition) is 0. The highest BCUT2D eigenvalue weighted by atomic mass is 32.2. The second-order valence-electron chi connectivity index (χ2n) is 10.6. The summed E-state index contributed by atoms with van der Waals surface area (Å²) in [6.07, 6.45) is 0. The Labute approximate surface area is 249 Å². The molecule has 2 heterocycles. The third kappa shape index (κ3) is 3.89. The van der Waals surface area contributed by atoms with Gasteiger partial charge in [0.25, 0.3) is 0 Å². The topological polar surface area (TPSA) is 25.8 Å². The molecule has 1 aliphatic rings. The molecule has 0 amide bonds. The van der Waals surface area contributed by atoms with Crippen LogP contribution in [0.3, 0.4) is 0 Å². The van der Waals surface area contributed by atoms with E-state index < -0.39 is 5.41 Å². The molecule has 0 radical (unpaired) electrons. The Morgan fingerprint density at radius 2 is 1.02 bits per heavy atom. The van der Waals surface area contributed by atoms with Crippen LogP contribution in [-0.2, 0) is 5.41 Å². The second kappa shape index (κ2) is 10.1. The lowest BCUT2D eigenvalue weighted by atomic mass is 9.64. The van der Waals surface area contributed by atoms with Crippen molar-refractivity contribution in [3.8, 4) is 22.6 Å². The van der Waals surface area contributed by atoms with Gasteiger partial charge in [0.2, 0.25) is 0 Å². The maximum Gasteiger partial charge on any atom is 0.160 e. The summed E-state index contributed by atoms with van der Waals surface area (Å²) in [6, 6.07) is 56.2. The van der Waals surface area contributed by atoms with Gasteiger partial charge in [-0.2, -0.15) is 0 Å². The predicted octanol–water partition coefficient (Wildman–Crippen LogP) is 9.81. The van der Waals surface area contributed by atoms with E-state index in [2.05, 4.69) is 133 Å². The molecule has 198 valence electrons. The van der Waals surface area contributed by atoms with E-state index in [-0.39, 0.29) is 0 Å². The minimum atomic E-state index is -0.485. The van der Waals surface area contributed by atoms with Crippen LogP contribution in [0.1, 0.15) is 22.3 Å². The summed E-state index contributed by atoms with van der Waals surface area (Å²) in [5.41, 5.74) is 8.55. The molecule has 0 atom stereocenters. The molecule has 0 unspecified atom stereocenters. The van der Waals surface area contributed by atoms with Crippen LogP contribution in [-0.4, -0.2) is 9.97 Å². The Morgan fingerprint density at radius 3 is 1.76 bits per heavy atom. The third-order valence-electron chi connectivity index (χ3n) is 8.21. The van der Waals surface area contributed by atoms with Crippen LogP contribution < -0.4 is 0 Å².